The third-order valence-corrected chi connectivity index (χ3v) is 5.26. The van der Waals surface area contributed by atoms with E-state index in [0.29, 0.717) is 5.56 Å². The summed E-state index contributed by atoms with van der Waals surface area (Å²) in [6, 6.07) is 9.52. The van der Waals surface area contributed by atoms with E-state index in [-0.39, 0.29) is 35.2 Å². The van der Waals surface area contributed by atoms with Gasteiger partial charge in [-0.25, -0.2) is 5.01 Å². The molecule has 160 valence electrons. The van der Waals surface area contributed by atoms with Gasteiger partial charge in [-0.15, -0.1) is 17.6 Å². The maximum absolute atomic E-state index is 12.5. The summed E-state index contributed by atoms with van der Waals surface area (Å²) in [6.45, 7) is -0.493. The molecular weight excluding hydrogens is 427 g/mol. The fourth-order valence-corrected chi connectivity index (χ4v) is 3.94. The predicted octanol–water partition coefficient (Wildman–Crippen LogP) is 2.37. The molecule has 3 rings (SSSR count). The summed E-state index contributed by atoms with van der Waals surface area (Å²) in [5.41, 5.74) is 0.432. The lowest BCUT2D eigenvalue weighted by Crippen LogP contribution is -2.29. The first-order valence-electron chi connectivity index (χ1n) is 8.45. The molecule has 1 aliphatic heterocycles. The van der Waals surface area contributed by atoms with Crippen LogP contribution in [0.1, 0.15) is 11.1 Å². The van der Waals surface area contributed by atoms with Gasteiger partial charge in [-0.05, 0) is 30.3 Å². The minimum absolute atomic E-state index is 0.00343. The highest BCUT2D eigenvalue weighted by Crippen LogP contribution is 2.29. The van der Waals surface area contributed by atoms with Gasteiger partial charge in [0.05, 0.1) is 26.5 Å². The van der Waals surface area contributed by atoms with Crippen molar-refractivity contribution in [3.8, 4) is 11.5 Å². The van der Waals surface area contributed by atoms with Crippen molar-refractivity contribution in [2.45, 2.75) is 11.3 Å². The summed E-state index contributed by atoms with van der Waals surface area (Å²) >= 11 is 0. The van der Waals surface area contributed by atoms with Crippen molar-refractivity contribution in [1.82, 2.24) is 5.01 Å². The number of benzene rings is 2. The number of sulfonamides is 1. The molecule has 1 N–H and O–H groups in total. The van der Waals surface area contributed by atoms with Crippen LogP contribution in [0.4, 0.5) is 13.2 Å². The predicted molar refractivity (Wildman–Crippen MR) is 101 cm³/mol. The molecule has 1 aliphatic rings. The Labute approximate surface area is 169 Å². The number of fused-ring (bicyclic) bond motifs is 1. The quantitative estimate of drug-likeness (QED) is 0.544. The summed E-state index contributed by atoms with van der Waals surface area (Å²) in [5.74, 6) is -0.291. The zero-order valence-electron chi connectivity index (χ0n) is 15.5. The van der Waals surface area contributed by atoms with Gasteiger partial charge in [-0.1, -0.05) is 12.1 Å². The number of rotatable bonds is 6. The minimum Gasteiger partial charge on any atom is -0.496 e. The molecule has 0 radical (unpaired) electrons. The van der Waals surface area contributed by atoms with Crippen molar-refractivity contribution < 1.29 is 36.2 Å². The number of halogens is 3. The van der Waals surface area contributed by atoms with Crippen LogP contribution < -0.4 is 9.47 Å². The van der Waals surface area contributed by atoms with Crippen LogP contribution >= 0.6 is 0 Å². The summed E-state index contributed by atoms with van der Waals surface area (Å²) in [7, 11) is -2.59. The number of methoxy groups -OCH3 is 1. The Bertz CT molecular complexity index is 1100. The molecule has 0 saturated carbocycles. The van der Waals surface area contributed by atoms with Crippen molar-refractivity contribution in [2.75, 3.05) is 20.3 Å². The Kier molecular flexibility index (Phi) is 5.99. The molecule has 0 spiro atoms. The normalized spacial score (nSPS) is 15.0. The lowest BCUT2D eigenvalue weighted by Gasteiger charge is -2.18. The number of aliphatic hydroxyl groups excluding tert-OH is 1. The number of hydrazone groups is 1. The number of nitrogens with zero attached hydrogens (tertiary/aromatic N) is 3. The van der Waals surface area contributed by atoms with Gasteiger partial charge in [0.1, 0.15) is 16.4 Å². The van der Waals surface area contributed by atoms with Gasteiger partial charge in [0, 0.05) is 11.1 Å². The summed E-state index contributed by atoms with van der Waals surface area (Å²) < 4.78 is 74.7. The third kappa shape index (κ3) is 4.71. The molecule has 0 bridgehead atoms. The summed E-state index contributed by atoms with van der Waals surface area (Å²) in [4.78, 5) is -0.00343. The van der Waals surface area contributed by atoms with E-state index < -0.39 is 22.1 Å². The lowest BCUT2D eigenvalue weighted by molar-refractivity contribution is -0.274. The fraction of sp³-hybridized carbons (Fsp3) is 0.222. The van der Waals surface area contributed by atoms with Crippen LogP contribution in [0.15, 0.2) is 56.9 Å². The van der Waals surface area contributed by atoms with E-state index in [1.54, 1.807) is 12.1 Å². The molecular formula is C18H16F3N3O5S. The number of amidine groups is 1. The largest absolute Gasteiger partial charge is 0.573 e. The Morgan fingerprint density at radius 1 is 1.23 bits per heavy atom. The van der Waals surface area contributed by atoms with Crippen LogP contribution in [0.25, 0.3) is 0 Å². The summed E-state index contributed by atoms with van der Waals surface area (Å²) in [5, 5.41) is 14.6. The Morgan fingerprint density at radius 2 is 1.97 bits per heavy atom. The second kappa shape index (κ2) is 8.32. The van der Waals surface area contributed by atoms with Gasteiger partial charge >= 0.3 is 6.36 Å². The second-order valence-corrected chi connectivity index (χ2v) is 7.50. The van der Waals surface area contributed by atoms with Crippen molar-refractivity contribution in [3.63, 3.8) is 0 Å². The zero-order valence-corrected chi connectivity index (χ0v) is 16.3. The minimum atomic E-state index is -4.87. The van der Waals surface area contributed by atoms with Crippen LogP contribution in [0.3, 0.4) is 0 Å². The topological polar surface area (TPSA) is 101 Å². The van der Waals surface area contributed by atoms with Crippen LogP contribution in [0.2, 0.25) is 0 Å². The van der Waals surface area contributed by atoms with E-state index in [1.807, 2.05) is 0 Å². The molecule has 0 amide bonds. The Morgan fingerprint density at radius 3 is 2.63 bits per heavy atom. The molecule has 8 nitrogen and oxygen atoms in total. The molecule has 0 unspecified atom stereocenters. The van der Waals surface area contributed by atoms with E-state index in [4.69, 9.17) is 4.74 Å². The molecule has 30 heavy (non-hydrogen) atoms. The Balaban J connectivity index is 1.98. The maximum atomic E-state index is 12.5. The van der Waals surface area contributed by atoms with Crippen molar-refractivity contribution >= 4 is 22.1 Å². The highest BCUT2D eigenvalue weighted by molar-refractivity contribution is 7.90. The molecule has 0 aliphatic carbocycles. The average molecular weight is 443 g/mol. The van der Waals surface area contributed by atoms with Crippen LogP contribution in [-0.2, 0) is 10.0 Å². The number of aliphatic hydroxyl groups is 1. The fourth-order valence-electron chi connectivity index (χ4n) is 2.73. The zero-order chi connectivity index (χ0) is 21.9. The molecule has 0 fully saturated rings. The molecule has 1 heterocycles. The van der Waals surface area contributed by atoms with Gasteiger partial charge in [-0.2, -0.15) is 13.5 Å². The van der Waals surface area contributed by atoms with E-state index >= 15 is 0 Å². The molecule has 0 atom stereocenters. The SMILES string of the molecule is COc1ccc(OC(F)(F)F)cc1/C=N/N(CCO)C1=NS(=O)(=O)c2ccccc21. The Hall–Kier alpha value is -3.12. The van der Waals surface area contributed by atoms with Gasteiger partial charge in [0.15, 0.2) is 5.84 Å². The molecule has 12 heteroatoms. The first-order valence-corrected chi connectivity index (χ1v) is 9.89. The van der Waals surface area contributed by atoms with Crippen LogP contribution in [0, 0.1) is 0 Å². The standard InChI is InChI=1S/C18H16F3N3O5S/c1-28-15-7-6-13(29-18(19,20)21)10-12(15)11-22-24(8-9-25)17-14-4-2-3-5-16(14)30(26,27)23-17/h2-7,10-11,25H,8-9H2,1H3/b22-11+. The number of hydrogen-bond donors (Lipinski definition) is 1. The summed E-state index contributed by atoms with van der Waals surface area (Å²) in [6.07, 6.45) is -3.71. The number of ether oxygens (including phenoxy) is 2. The average Bonchev–Trinajstić information content (AvgIpc) is 2.95. The lowest BCUT2D eigenvalue weighted by atomic mass is 10.2. The molecule has 2 aromatic rings. The third-order valence-electron chi connectivity index (χ3n) is 3.94. The van der Waals surface area contributed by atoms with Crippen LogP contribution in [-0.4, -0.2) is 57.2 Å². The number of alkyl halides is 3. The van der Waals surface area contributed by atoms with Crippen molar-refractivity contribution in [1.29, 1.82) is 0 Å². The highest BCUT2D eigenvalue weighted by Gasteiger charge is 2.32. The molecule has 2 aromatic carbocycles. The van der Waals surface area contributed by atoms with Gasteiger partial charge in [0.2, 0.25) is 0 Å². The van der Waals surface area contributed by atoms with Gasteiger partial charge in [0.25, 0.3) is 10.0 Å². The smallest absolute Gasteiger partial charge is 0.496 e. The highest BCUT2D eigenvalue weighted by atomic mass is 32.2. The monoisotopic (exact) mass is 443 g/mol. The van der Waals surface area contributed by atoms with E-state index in [1.165, 1.54) is 25.3 Å². The van der Waals surface area contributed by atoms with Crippen LogP contribution in [0.5, 0.6) is 11.5 Å². The first-order chi connectivity index (χ1) is 14.1. The van der Waals surface area contributed by atoms with E-state index in [0.717, 1.165) is 23.4 Å². The van der Waals surface area contributed by atoms with Crippen molar-refractivity contribution in [3.05, 3.63) is 53.6 Å². The van der Waals surface area contributed by atoms with Gasteiger partial charge in [-0.3, -0.25) is 0 Å². The van der Waals surface area contributed by atoms with Gasteiger partial charge < -0.3 is 14.6 Å². The first kappa shape index (κ1) is 21.6. The number of hydrogen-bond acceptors (Lipinski definition) is 7. The molecule has 0 aromatic heterocycles. The maximum Gasteiger partial charge on any atom is 0.573 e. The van der Waals surface area contributed by atoms with E-state index in [2.05, 4.69) is 14.2 Å². The second-order valence-electron chi connectivity index (χ2n) is 5.93. The van der Waals surface area contributed by atoms with Crippen molar-refractivity contribution in [2.24, 2.45) is 9.50 Å². The molecule has 0 saturated heterocycles. The van der Waals surface area contributed by atoms with E-state index in [9.17, 15) is 26.7 Å².